The van der Waals surface area contributed by atoms with Crippen molar-refractivity contribution >= 4 is 17.5 Å². The molecule has 134 valence electrons. The van der Waals surface area contributed by atoms with Crippen LogP contribution in [-0.2, 0) is 13.1 Å². The number of ketones is 1. The monoisotopic (exact) mass is 355 g/mol. The Morgan fingerprint density at radius 3 is 2.11 bits per heavy atom. The summed E-state index contributed by atoms with van der Waals surface area (Å²) in [7, 11) is 1.64. The predicted molar refractivity (Wildman–Crippen MR) is 109 cm³/mol. The van der Waals surface area contributed by atoms with Gasteiger partial charge in [0.1, 0.15) is 5.75 Å². The molecule has 0 saturated heterocycles. The number of methoxy groups -OCH3 is 1. The molecule has 3 aromatic rings. The smallest absolute Gasteiger partial charge is 0.185 e. The van der Waals surface area contributed by atoms with Crippen molar-refractivity contribution in [3.63, 3.8) is 0 Å². The van der Waals surface area contributed by atoms with Gasteiger partial charge in [0.25, 0.3) is 0 Å². The van der Waals surface area contributed by atoms with Crippen LogP contribution >= 0.6 is 0 Å². The van der Waals surface area contributed by atoms with Crippen LogP contribution in [0.3, 0.4) is 0 Å². The normalized spacial score (nSPS) is 13.0. The molecule has 3 heteroatoms. The molecular weight excluding hydrogens is 334 g/mol. The van der Waals surface area contributed by atoms with E-state index in [9.17, 15) is 4.79 Å². The van der Waals surface area contributed by atoms with Gasteiger partial charge in [-0.15, -0.1) is 0 Å². The summed E-state index contributed by atoms with van der Waals surface area (Å²) in [6, 6.07) is 24.0. The Balaban J connectivity index is 1.42. The summed E-state index contributed by atoms with van der Waals surface area (Å²) in [6.07, 6.45) is 3.44. The number of carbonyl (C=O) groups is 1. The first kappa shape index (κ1) is 17.1. The van der Waals surface area contributed by atoms with E-state index in [1.54, 1.807) is 13.2 Å². The molecule has 0 atom stereocenters. The van der Waals surface area contributed by atoms with Crippen LogP contribution in [0.4, 0.5) is 5.69 Å². The van der Waals surface area contributed by atoms with Crippen LogP contribution < -0.4 is 9.64 Å². The lowest BCUT2D eigenvalue weighted by atomic mass is 10.1. The molecule has 0 bridgehead atoms. The van der Waals surface area contributed by atoms with E-state index in [0.717, 1.165) is 30.1 Å². The lowest BCUT2D eigenvalue weighted by Crippen LogP contribution is -2.14. The Kier molecular flexibility index (Phi) is 4.75. The third-order valence-electron chi connectivity index (χ3n) is 4.90. The third kappa shape index (κ3) is 3.77. The second-order valence-electron chi connectivity index (χ2n) is 6.64. The molecular formula is C24H21NO2. The van der Waals surface area contributed by atoms with Crippen LogP contribution in [0.5, 0.6) is 5.75 Å². The largest absolute Gasteiger partial charge is 0.497 e. The first-order valence-corrected chi connectivity index (χ1v) is 9.01. The summed E-state index contributed by atoms with van der Waals surface area (Å²) >= 11 is 0. The third-order valence-corrected chi connectivity index (χ3v) is 4.90. The fraction of sp³-hybridized carbons (Fsp3) is 0.125. The molecule has 3 nitrogen and oxygen atoms in total. The van der Waals surface area contributed by atoms with Crippen molar-refractivity contribution in [1.29, 1.82) is 0 Å². The zero-order valence-electron chi connectivity index (χ0n) is 15.3. The van der Waals surface area contributed by atoms with E-state index in [-0.39, 0.29) is 5.78 Å². The Morgan fingerprint density at radius 1 is 0.889 bits per heavy atom. The van der Waals surface area contributed by atoms with Crippen molar-refractivity contribution in [3.8, 4) is 5.75 Å². The first-order chi connectivity index (χ1) is 13.2. The van der Waals surface area contributed by atoms with E-state index in [2.05, 4.69) is 29.2 Å². The van der Waals surface area contributed by atoms with Gasteiger partial charge in [-0.05, 0) is 59.2 Å². The number of anilines is 1. The molecule has 0 radical (unpaired) electrons. The van der Waals surface area contributed by atoms with Gasteiger partial charge in [-0.2, -0.15) is 0 Å². The zero-order chi connectivity index (χ0) is 18.6. The Hall–Kier alpha value is -3.33. The van der Waals surface area contributed by atoms with Crippen LogP contribution in [0.25, 0.3) is 6.08 Å². The molecule has 1 heterocycles. The summed E-state index contributed by atoms with van der Waals surface area (Å²) in [5.74, 6) is 0.806. The number of allylic oxidation sites excluding steroid dienone is 1. The minimum absolute atomic E-state index is 0.00192. The van der Waals surface area contributed by atoms with Gasteiger partial charge in [-0.3, -0.25) is 4.79 Å². The van der Waals surface area contributed by atoms with Crippen molar-refractivity contribution in [2.24, 2.45) is 0 Å². The minimum atomic E-state index is 0.00192. The number of rotatable bonds is 5. The molecule has 0 fully saturated rings. The first-order valence-electron chi connectivity index (χ1n) is 9.01. The molecule has 0 saturated carbocycles. The Morgan fingerprint density at radius 2 is 1.52 bits per heavy atom. The van der Waals surface area contributed by atoms with Crippen LogP contribution in [0, 0.1) is 0 Å². The number of ether oxygens (including phenoxy) is 1. The van der Waals surface area contributed by atoms with Gasteiger partial charge in [-0.25, -0.2) is 0 Å². The Labute approximate surface area is 159 Å². The number of nitrogens with zero attached hydrogens (tertiary/aromatic N) is 1. The van der Waals surface area contributed by atoms with Crippen molar-refractivity contribution in [2.75, 3.05) is 12.0 Å². The fourth-order valence-electron chi connectivity index (χ4n) is 3.34. The van der Waals surface area contributed by atoms with Crippen molar-refractivity contribution in [1.82, 2.24) is 0 Å². The molecule has 0 N–H and O–H groups in total. The molecule has 27 heavy (non-hydrogen) atoms. The van der Waals surface area contributed by atoms with Gasteiger partial charge >= 0.3 is 0 Å². The van der Waals surface area contributed by atoms with Crippen LogP contribution in [-0.4, -0.2) is 12.9 Å². The summed E-state index contributed by atoms with van der Waals surface area (Å²) in [6.45, 7) is 1.83. The molecule has 4 rings (SSSR count). The van der Waals surface area contributed by atoms with Gasteiger partial charge in [0.2, 0.25) is 0 Å². The van der Waals surface area contributed by atoms with Gasteiger partial charge in [0.05, 0.1) is 7.11 Å². The molecule has 0 spiro atoms. The second kappa shape index (κ2) is 7.50. The highest BCUT2D eigenvalue weighted by Crippen LogP contribution is 2.28. The van der Waals surface area contributed by atoms with Crippen LogP contribution in [0.2, 0.25) is 0 Å². The standard InChI is InChI=1S/C24H21NO2/c1-27-23-13-6-18(7-14-23)8-15-24(26)19-9-11-22(12-10-19)25-16-20-4-2-3-5-21(20)17-25/h2-15H,16-17H2,1H3. The average Bonchev–Trinajstić information content (AvgIpc) is 3.17. The average molecular weight is 355 g/mol. The summed E-state index contributed by atoms with van der Waals surface area (Å²) in [5.41, 5.74) is 5.55. The lowest BCUT2D eigenvalue weighted by Gasteiger charge is -2.17. The molecule has 0 amide bonds. The van der Waals surface area contributed by atoms with Crippen LogP contribution in [0.1, 0.15) is 27.0 Å². The van der Waals surface area contributed by atoms with Crippen LogP contribution in [0.15, 0.2) is 78.9 Å². The number of fused-ring (bicyclic) bond motifs is 1. The Bertz CT molecular complexity index is 947. The van der Waals surface area contributed by atoms with Crippen molar-refractivity contribution in [3.05, 3.63) is 101 Å². The number of benzene rings is 3. The van der Waals surface area contributed by atoms with E-state index in [1.165, 1.54) is 11.1 Å². The minimum Gasteiger partial charge on any atom is -0.497 e. The quantitative estimate of drug-likeness (QED) is 0.470. The zero-order valence-corrected chi connectivity index (χ0v) is 15.3. The lowest BCUT2D eigenvalue weighted by molar-refractivity contribution is 0.104. The molecule has 0 unspecified atom stereocenters. The molecule has 0 aromatic heterocycles. The maximum absolute atomic E-state index is 12.4. The van der Waals surface area contributed by atoms with E-state index in [4.69, 9.17) is 4.74 Å². The van der Waals surface area contributed by atoms with E-state index < -0.39 is 0 Å². The van der Waals surface area contributed by atoms with Gasteiger partial charge < -0.3 is 9.64 Å². The maximum Gasteiger partial charge on any atom is 0.185 e. The SMILES string of the molecule is COc1ccc(C=CC(=O)c2ccc(N3Cc4ccccc4C3)cc2)cc1. The van der Waals surface area contributed by atoms with E-state index in [0.29, 0.717) is 5.56 Å². The van der Waals surface area contributed by atoms with Crippen molar-refractivity contribution < 1.29 is 9.53 Å². The highest BCUT2D eigenvalue weighted by Gasteiger charge is 2.18. The summed E-state index contributed by atoms with van der Waals surface area (Å²) in [5, 5.41) is 0. The highest BCUT2D eigenvalue weighted by molar-refractivity contribution is 6.07. The topological polar surface area (TPSA) is 29.5 Å². The number of hydrogen-bond donors (Lipinski definition) is 0. The van der Waals surface area contributed by atoms with Gasteiger partial charge in [0, 0.05) is 24.3 Å². The molecule has 3 aromatic carbocycles. The van der Waals surface area contributed by atoms with Crippen molar-refractivity contribution in [2.45, 2.75) is 13.1 Å². The van der Waals surface area contributed by atoms with Gasteiger partial charge in [0.15, 0.2) is 5.78 Å². The predicted octanol–water partition coefficient (Wildman–Crippen LogP) is 5.11. The van der Waals surface area contributed by atoms with E-state index in [1.807, 2.05) is 54.6 Å². The fourth-order valence-corrected chi connectivity index (χ4v) is 3.34. The van der Waals surface area contributed by atoms with E-state index >= 15 is 0 Å². The van der Waals surface area contributed by atoms with Gasteiger partial charge in [-0.1, -0.05) is 42.5 Å². The summed E-state index contributed by atoms with van der Waals surface area (Å²) in [4.78, 5) is 14.8. The molecule has 0 aliphatic carbocycles. The number of hydrogen-bond acceptors (Lipinski definition) is 3. The second-order valence-corrected chi connectivity index (χ2v) is 6.64. The summed E-state index contributed by atoms with van der Waals surface area (Å²) < 4.78 is 5.14. The highest BCUT2D eigenvalue weighted by atomic mass is 16.5. The molecule has 1 aliphatic heterocycles. The maximum atomic E-state index is 12.4. The number of carbonyl (C=O) groups excluding carboxylic acids is 1. The molecule has 1 aliphatic rings.